The minimum absolute atomic E-state index is 0.0891. The zero-order valence-electron chi connectivity index (χ0n) is 16.4. The Morgan fingerprint density at radius 1 is 1.23 bits per heavy atom. The van der Waals surface area contributed by atoms with Gasteiger partial charge < -0.3 is 10.2 Å². The van der Waals surface area contributed by atoms with Crippen molar-refractivity contribution < 1.29 is 9.72 Å². The Morgan fingerprint density at radius 3 is 2.70 bits per heavy atom. The fourth-order valence-electron chi connectivity index (χ4n) is 3.61. The number of hydrogen-bond acceptors (Lipinski definition) is 7. The van der Waals surface area contributed by atoms with Gasteiger partial charge in [0.25, 0.3) is 5.69 Å². The Balaban J connectivity index is 1.41. The summed E-state index contributed by atoms with van der Waals surface area (Å²) in [6.45, 7) is 3.07. The summed E-state index contributed by atoms with van der Waals surface area (Å²) < 4.78 is 1.81. The molecule has 4 rings (SSSR count). The van der Waals surface area contributed by atoms with E-state index in [1.165, 1.54) is 12.4 Å². The molecule has 1 aliphatic rings. The highest BCUT2D eigenvalue weighted by Gasteiger charge is 2.28. The van der Waals surface area contributed by atoms with Crippen LogP contribution in [0.4, 0.5) is 17.2 Å². The van der Waals surface area contributed by atoms with Crippen molar-refractivity contribution in [2.45, 2.75) is 19.8 Å². The summed E-state index contributed by atoms with van der Waals surface area (Å²) in [5.74, 6) is 1.12. The molecule has 30 heavy (non-hydrogen) atoms. The number of nitro groups is 1. The van der Waals surface area contributed by atoms with Gasteiger partial charge in [0.05, 0.1) is 4.92 Å². The van der Waals surface area contributed by atoms with Gasteiger partial charge in [-0.2, -0.15) is 0 Å². The average Bonchev–Trinajstić information content (AvgIpc) is 3.30. The van der Waals surface area contributed by atoms with Crippen molar-refractivity contribution in [2.24, 2.45) is 5.92 Å². The zero-order valence-corrected chi connectivity index (χ0v) is 16.4. The van der Waals surface area contributed by atoms with Gasteiger partial charge in [0.1, 0.15) is 30.0 Å². The van der Waals surface area contributed by atoms with E-state index in [0.717, 1.165) is 11.6 Å². The lowest BCUT2D eigenvalue weighted by atomic mass is 9.95. The lowest BCUT2D eigenvalue weighted by molar-refractivity contribution is -0.384. The summed E-state index contributed by atoms with van der Waals surface area (Å²) in [4.78, 5) is 38.3. The number of nitrogens with zero attached hydrogens (tertiary/aromatic N) is 6. The number of anilines is 2. The van der Waals surface area contributed by atoms with Crippen molar-refractivity contribution in [1.29, 1.82) is 0 Å². The van der Waals surface area contributed by atoms with E-state index in [0.29, 0.717) is 31.5 Å². The van der Waals surface area contributed by atoms with Crippen LogP contribution in [0.5, 0.6) is 0 Å². The molecule has 0 aliphatic carbocycles. The smallest absolute Gasteiger partial charge is 0.293 e. The van der Waals surface area contributed by atoms with Crippen LogP contribution in [-0.4, -0.2) is 43.4 Å². The van der Waals surface area contributed by atoms with Crippen LogP contribution in [0.1, 0.15) is 18.4 Å². The Bertz CT molecular complexity index is 1060. The third-order valence-electron chi connectivity index (χ3n) is 5.29. The van der Waals surface area contributed by atoms with Crippen molar-refractivity contribution >= 4 is 23.1 Å². The number of imidazole rings is 1. The van der Waals surface area contributed by atoms with Crippen molar-refractivity contribution in [3.05, 3.63) is 65.0 Å². The van der Waals surface area contributed by atoms with Gasteiger partial charge in [-0.3, -0.25) is 19.5 Å². The van der Waals surface area contributed by atoms with Crippen LogP contribution in [0.2, 0.25) is 0 Å². The first-order chi connectivity index (χ1) is 14.5. The predicted molar refractivity (Wildman–Crippen MR) is 111 cm³/mol. The van der Waals surface area contributed by atoms with E-state index in [-0.39, 0.29) is 23.2 Å². The van der Waals surface area contributed by atoms with Crippen LogP contribution < -0.4 is 10.2 Å². The van der Waals surface area contributed by atoms with Crippen LogP contribution in [0.15, 0.2) is 49.3 Å². The van der Waals surface area contributed by atoms with E-state index < -0.39 is 4.92 Å². The first-order valence-corrected chi connectivity index (χ1v) is 9.63. The molecule has 3 heterocycles. The lowest BCUT2D eigenvalue weighted by Crippen LogP contribution is -2.38. The zero-order chi connectivity index (χ0) is 21.1. The van der Waals surface area contributed by atoms with Crippen LogP contribution >= 0.6 is 0 Å². The number of nitro benzene ring substituents is 1. The van der Waals surface area contributed by atoms with E-state index in [1.807, 2.05) is 12.3 Å². The molecule has 10 heteroatoms. The Labute approximate surface area is 172 Å². The molecule has 0 spiro atoms. The standard InChI is InChI=1S/C20H21N7O3/c1-14-3-2-4-16(27(29)30)19(14)24-20(28)15-5-8-25(9-6-15)17-11-18(23-12-22-17)26-10-7-21-13-26/h2-4,7,10-13,15H,5-6,8-9H2,1H3,(H,24,28). The van der Waals surface area contributed by atoms with Crippen LogP contribution in [-0.2, 0) is 4.79 Å². The maximum Gasteiger partial charge on any atom is 0.293 e. The van der Waals surface area contributed by atoms with Crippen LogP contribution in [0, 0.1) is 23.0 Å². The van der Waals surface area contributed by atoms with Crippen molar-refractivity contribution in [3.8, 4) is 5.82 Å². The number of amides is 1. The summed E-state index contributed by atoms with van der Waals surface area (Å²) >= 11 is 0. The van der Waals surface area contributed by atoms with Crippen LogP contribution in [0.3, 0.4) is 0 Å². The number of benzene rings is 1. The van der Waals surface area contributed by atoms with Gasteiger partial charge in [-0.25, -0.2) is 15.0 Å². The maximum atomic E-state index is 12.8. The monoisotopic (exact) mass is 407 g/mol. The number of aromatic nitrogens is 4. The Morgan fingerprint density at radius 2 is 2.00 bits per heavy atom. The van der Waals surface area contributed by atoms with Gasteiger partial charge in [0.2, 0.25) is 5.91 Å². The Hall–Kier alpha value is -3.82. The highest BCUT2D eigenvalue weighted by Crippen LogP contribution is 2.30. The second kappa shape index (κ2) is 8.27. The van der Waals surface area contributed by atoms with Crippen molar-refractivity contribution in [2.75, 3.05) is 23.3 Å². The number of nitrogens with one attached hydrogen (secondary N) is 1. The molecule has 1 aliphatic heterocycles. The quantitative estimate of drug-likeness (QED) is 0.510. The molecule has 2 aromatic heterocycles. The molecule has 3 aromatic rings. The molecular weight excluding hydrogens is 386 g/mol. The molecule has 0 unspecified atom stereocenters. The molecule has 1 saturated heterocycles. The predicted octanol–water partition coefficient (Wildman–Crippen LogP) is 2.73. The number of carbonyl (C=O) groups excluding carboxylic acids is 1. The van der Waals surface area contributed by atoms with Gasteiger partial charge >= 0.3 is 0 Å². The first-order valence-electron chi connectivity index (χ1n) is 9.63. The largest absolute Gasteiger partial charge is 0.356 e. The molecule has 154 valence electrons. The lowest BCUT2D eigenvalue weighted by Gasteiger charge is -2.32. The SMILES string of the molecule is Cc1cccc([N+](=O)[O-])c1NC(=O)C1CCN(c2cc(-n3ccnc3)ncn2)CC1. The third-order valence-corrected chi connectivity index (χ3v) is 5.29. The van der Waals surface area contributed by atoms with Gasteiger partial charge in [-0.1, -0.05) is 12.1 Å². The normalized spacial score (nSPS) is 14.5. The number of para-hydroxylation sites is 1. The van der Waals surface area contributed by atoms with E-state index in [2.05, 4.69) is 25.2 Å². The molecule has 1 fully saturated rings. The van der Waals surface area contributed by atoms with Gasteiger partial charge in [-0.15, -0.1) is 0 Å². The maximum absolute atomic E-state index is 12.8. The van der Waals surface area contributed by atoms with E-state index >= 15 is 0 Å². The summed E-state index contributed by atoms with van der Waals surface area (Å²) in [5, 5.41) is 14.1. The number of carbonyl (C=O) groups is 1. The fraction of sp³-hybridized carbons (Fsp3) is 0.300. The van der Waals surface area contributed by atoms with Gasteiger partial charge in [-0.05, 0) is 25.3 Å². The van der Waals surface area contributed by atoms with Crippen LogP contribution in [0.25, 0.3) is 5.82 Å². The summed E-state index contributed by atoms with van der Waals surface area (Å²) in [7, 11) is 0. The van der Waals surface area contributed by atoms with E-state index in [1.54, 1.807) is 36.1 Å². The first kappa shape index (κ1) is 19.5. The van der Waals surface area contributed by atoms with E-state index in [9.17, 15) is 14.9 Å². The second-order valence-electron chi connectivity index (χ2n) is 7.18. The summed E-state index contributed by atoms with van der Waals surface area (Å²) in [5.41, 5.74) is 0.854. The highest BCUT2D eigenvalue weighted by molar-refractivity contribution is 5.95. The summed E-state index contributed by atoms with van der Waals surface area (Å²) in [6.07, 6.45) is 7.96. The van der Waals surface area contributed by atoms with Gasteiger partial charge in [0.15, 0.2) is 0 Å². The number of aryl methyl sites for hydroxylation is 1. The molecule has 1 amide bonds. The van der Waals surface area contributed by atoms with Crippen molar-refractivity contribution in [1.82, 2.24) is 19.5 Å². The molecule has 1 N–H and O–H groups in total. The molecule has 1 aromatic carbocycles. The molecule has 0 radical (unpaired) electrons. The number of rotatable bonds is 5. The summed E-state index contributed by atoms with van der Waals surface area (Å²) in [6, 6.07) is 6.65. The number of piperidine rings is 1. The highest BCUT2D eigenvalue weighted by atomic mass is 16.6. The topological polar surface area (TPSA) is 119 Å². The Kier molecular flexibility index (Phi) is 5.38. The van der Waals surface area contributed by atoms with Gasteiger partial charge in [0, 0.05) is 43.5 Å². The molecular formula is C20H21N7O3. The minimum Gasteiger partial charge on any atom is -0.356 e. The molecule has 0 bridgehead atoms. The molecule has 10 nitrogen and oxygen atoms in total. The van der Waals surface area contributed by atoms with Crippen molar-refractivity contribution in [3.63, 3.8) is 0 Å². The average molecular weight is 407 g/mol. The fourth-order valence-corrected chi connectivity index (χ4v) is 3.61. The second-order valence-corrected chi connectivity index (χ2v) is 7.18. The molecule has 0 atom stereocenters. The third kappa shape index (κ3) is 3.97. The minimum atomic E-state index is -0.474. The van der Waals surface area contributed by atoms with E-state index in [4.69, 9.17) is 0 Å². The molecule has 0 saturated carbocycles. The number of hydrogen-bond donors (Lipinski definition) is 1.